The van der Waals surface area contributed by atoms with E-state index in [1.54, 1.807) is 15.9 Å². The molecule has 0 saturated heterocycles. The van der Waals surface area contributed by atoms with E-state index in [4.69, 9.17) is 3.83 Å². The summed E-state index contributed by atoms with van der Waals surface area (Å²) < 4.78 is 8.06. The molecular weight excluding hydrogens is 123 g/mol. The Bertz CT molecular complexity index is 9.61. The second kappa shape index (κ2) is 2100. The zero-order valence-corrected chi connectivity index (χ0v) is 3.49. The molecule has 5 heavy (non-hydrogen) atoms. The Morgan fingerprint density at radius 1 is 1.00 bits per heavy atom. The van der Waals surface area contributed by atoms with Crippen molar-refractivity contribution in [2.45, 2.75) is 0 Å². The standard InChI is InChI=1S/2FH.Mn.H3N.O/h2*1H;;1H3;. The molecule has 3 N–H and O–H groups in total. The topological polar surface area (TPSA) is 52.1 Å². The van der Waals surface area contributed by atoms with Crippen LogP contribution in [0.4, 0.5) is 9.41 Å². The fourth-order valence-electron chi connectivity index (χ4n) is 0. The van der Waals surface area contributed by atoms with Crippen molar-refractivity contribution in [3.05, 3.63) is 0 Å². The minimum atomic E-state index is 0. The van der Waals surface area contributed by atoms with E-state index in [0.717, 1.165) is 0 Å². The van der Waals surface area contributed by atoms with Gasteiger partial charge in [-0.2, -0.15) is 0 Å². The summed E-state index contributed by atoms with van der Waals surface area (Å²) >= 11 is 1.69. The van der Waals surface area contributed by atoms with Gasteiger partial charge in [-0.25, -0.2) is 0 Å². The van der Waals surface area contributed by atoms with Crippen LogP contribution in [0.2, 0.25) is 0 Å². The van der Waals surface area contributed by atoms with Crippen molar-refractivity contribution >= 4 is 0 Å². The summed E-state index contributed by atoms with van der Waals surface area (Å²) in [7, 11) is 0. The molecule has 0 aliphatic rings. The van der Waals surface area contributed by atoms with E-state index in [1.807, 2.05) is 0 Å². The molecule has 0 saturated carbocycles. The third-order valence-corrected chi connectivity index (χ3v) is 0. The van der Waals surface area contributed by atoms with Crippen LogP contribution in [0, 0.1) is 0 Å². The average Bonchev–Trinajstić information content (AvgIpc) is 1.00. The van der Waals surface area contributed by atoms with Crippen molar-refractivity contribution in [3.63, 3.8) is 0 Å². The van der Waals surface area contributed by atoms with E-state index in [0.29, 0.717) is 0 Å². The normalized spacial score (nSPS) is 0.800. The van der Waals surface area contributed by atoms with E-state index in [2.05, 4.69) is 0 Å². The molecule has 0 aliphatic heterocycles. The van der Waals surface area contributed by atoms with Gasteiger partial charge in [0.05, 0.1) is 0 Å². The van der Waals surface area contributed by atoms with Crippen LogP contribution in [-0.2, 0) is 19.8 Å². The molecule has 0 aromatic carbocycles. The molecule has 0 atom stereocenters. The van der Waals surface area contributed by atoms with Gasteiger partial charge in [-0.1, -0.05) is 0 Å². The molecule has 0 amide bonds. The van der Waals surface area contributed by atoms with Crippen molar-refractivity contribution in [3.8, 4) is 0 Å². The number of hydrogen-bond acceptors (Lipinski definition) is 2. The van der Waals surface area contributed by atoms with Gasteiger partial charge in [0.25, 0.3) is 0 Å². The summed E-state index contributed by atoms with van der Waals surface area (Å²) in [6.45, 7) is 0. The Hall–Kier alpha value is 0.139. The molecule has 0 spiro atoms. The summed E-state index contributed by atoms with van der Waals surface area (Å²) in [5.41, 5.74) is 0. The van der Waals surface area contributed by atoms with Gasteiger partial charge in [-0.3, -0.25) is 9.41 Å². The van der Waals surface area contributed by atoms with E-state index in [-0.39, 0.29) is 15.6 Å². The van der Waals surface area contributed by atoms with Gasteiger partial charge >= 0.3 is 19.8 Å². The van der Waals surface area contributed by atoms with Crippen molar-refractivity contribution < 1.29 is 29.2 Å². The molecule has 0 aromatic rings. The monoisotopic (exact) mass is 128 g/mol. The van der Waals surface area contributed by atoms with Gasteiger partial charge in [0.2, 0.25) is 0 Å². The molecule has 0 bridgehead atoms. The number of hydrogen-bond donors (Lipinski definition) is 1. The minimum absolute atomic E-state index is 0. The molecule has 0 aromatic heterocycles. The van der Waals surface area contributed by atoms with Crippen LogP contribution in [-0.4, -0.2) is 0 Å². The summed E-state index contributed by atoms with van der Waals surface area (Å²) in [4.78, 5) is 0. The summed E-state index contributed by atoms with van der Waals surface area (Å²) in [6.07, 6.45) is 0. The molecule has 0 aliphatic carbocycles. The molecule has 5 heteroatoms. The van der Waals surface area contributed by atoms with Crippen LogP contribution in [0.1, 0.15) is 0 Å². The predicted octanol–water partition coefficient (Wildman–Crippen LogP) is 0.346. The van der Waals surface area contributed by atoms with Gasteiger partial charge < -0.3 is 6.15 Å². The first-order valence-electron chi connectivity index (χ1n) is 0.154. The van der Waals surface area contributed by atoms with Crippen LogP contribution in [0.5, 0.6) is 0 Å². The molecule has 0 heterocycles. The van der Waals surface area contributed by atoms with Gasteiger partial charge in [-0.15, -0.1) is 0 Å². The molecule has 2 nitrogen and oxygen atoms in total. The van der Waals surface area contributed by atoms with Crippen molar-refractivity contribution in [2.75, 3.05) is 0 Å². The molecule has 0 radical (unpaired) electrons. The molecule has 0 rings (SSSR count). The Morgan fingerprint density at radius 2 is 1.00 bits per heavy atom. The molecule has 37 valence electrons. The number of rotatable bonds is 0. The van der Waals surface area contributed by atoms with Gasteiger partial charge in [0.1, 0.15) is 0 Å². The first kappa shape index (κ1) is 67.8. The third-order valence-electron chi connectivity index (χ3n) is 0. The van der Waals surface area contributed by atoms with Crippen LogP contribution in [0.15, 0.2) is 0 Å². The van der Waals surface area contributed by atoms with Gasteiger partial charge in [0, 0.05) is 0 Å². The van der Waals surface area contributed by atoms with Crippen LogP contribution in [0.25, 0.3) is 0 Å². The Balaban J connectivity index is -0.00000000167. The second-order valence-corrected chi connectivity index (χ2v) is 0. The zero-order valence-electron chi connectivity index (χ0n) is 2.31. The first-order valence-corrected chi connectivity index (χ1v) is 0.636. The van der Waals surface area contributed by atoms with Crippen LogP contribution < -0.4 is 6.15 Å². The fourth-order valence-corrected chi connectivity index (χ4v) is 0. The molecule has 0 unspecified atom stereocenters. The fraction of sp³-hybridized carbons (Fsp3) is 0. The summed E-state index contributed by atoms with van der Waals surface area (Å²) in [5, 5.41) is 0. The Kier molecular flexibility index (Phi) is 28400. The zero-order chi connectivity index (χ0) is 2.00. The maximum atomic E-state index is 8.06. The van der Waals surface area contributed by atoms with E-state index < -0.39 is 0 Å². The van der Waals surface area contributed by atoms with E-state index >= 15 is 0 Å². The van der Waals surface area contributed by atoms with Crippen molar-refractivity contribution in [1.29, 1.82) is 0 Å². The van der Waals surface area contributed by atoms with Gasteiger partial charge in [0.15, 0.2) is 0 Å². The van der Waals surface area contributed by atoms with Crippen molar-refractivity contribution in [1.82, 2.24) is 6.15 Å². The predicted molar refractivity (Wildman–Crippen MR) is 10.7 cm³/mol. The van der Waals surface area contributed by atoms with E-state index in [1.165, 1.54) is 0 Å². The third kappa shape index (κ3) is 974. The van der Waals surface area contributed by atoms with Crippen LogP contribution >= 0.6 is 0 Å². The van der Waals surface area contributed by atoms with Gasteiger partial charge in [-0.05, 0) is 0 Å². The van der Waals surface area contributed by atoms with Crippen LogP contribution in [0.3, 0.4) is 0 Å². The Labute approximate surface area is 36.3 Å². The second-order valence-electron chi connectivity index (χ2n) is 0. The number of halogens is 2. The average molecular weight is 128 g/mol. The van der Waals surface area contributed by atoms with E-state index in [9.17, 15) is 0 Å². The molecular formula is H5F2MnNO. The van der Waals surface area contributed by atoms with Crippen molar-refractivity contribution in [2.24, 2.45) is 0 Å². The summed E-state index contributed by atoms with van der Waals surface area (Å²) in [5.74, 6) is 0. The maximum absolute atomic E-state index is 8.06. The Morgan fingerprint density at radius 3 is 1.00 bits per heavy atom. The molecule has 0 fully saturated rings. The quantitative estimate of drug-likeness (QED) is 0.478. The SMILES string of the molecule is F.F.N.[O]=[Mn]. The summed E-state index contributed by atoms with van der Waals surface area (Å²) in [6, 6.07) is 0. The first-order chi connectivity index (χ1) is 1.00.